The number of benzene rings is 1. The van der Waals surface area contributed by atoms with Crippen LogP contribution in [0.5, 0.6) is 0 Å². The second-order valence-electron chi connectivity index (χ2n) is 3.37. The Bertz CT molecular complexity index is 306. The Hall–Kier alpha value is -1.41. The maximum Gasteiger partial charge on any atom is 0.164 e. The topological polar surface area (TPSA) is 29.1 Å². The van der Waals surface area contributed by atoms with Gasteiger partial charge in [-0.25, -0.2) is 0 Å². The quantitative estimate of drug-likeness (QED) is 0.419. The van der Waals surface area contributed by atoms with Crippen LogP contribution < -0.4 is 5.32 Å². The van der Waals surface area contributed by atoms with Crippen molar-refractivity contribution >= 4 is 5.78 Å². The van der Waals surface area contributed by atoms with Crippen molar-refractivity contribution in [3.63, 3.8) is 0 Å². The van der Waals surface area contributed by atoms with E-state index in [4.69, 9.17) is 0 Å². The average molecular weight is 203 g/mol. The van der Waals surface area contributed by atoms with Crippen LogP contribution in [0, 0.1) is 0 Å². The molecule has 15 heavy (non-hydrogen) atoms. The van der Waals surface area contributed by atoms with Crippen molar-refractivity contribution in [1.29, 1.82) is 0 Å². The van der Waals surface area contributed by atoms with E-state index in [0.717, 1.165) is 25.1 Å². The Kier molecular flexibility index (Phi) is 5.41. The molecule has 1 aromatic rings. The monoisotopic (exact) mass is 203 g/mol. The minimum absolute atomic E-state index is 0.196. The van der Waals surface area contributed by atoms with Gasteiger partial charge in [-0.1, -0.05) is 36.4 Å². The molecule has 0 aliphatic carbocycles. The number of carbonyl (C=O) groups is 1. The molecule has 0 bridgehead atoms. The first-order valence-electron chi connectivity index (χ1n) is 5.24. The molecular formula is C13H17NO. The predicted octanol–water partition coefficient (Wildman–Crippen LogP) is 2.43. The lowest BCUT2D eigenvalue weighted by Crippen LogP contribution is -2.19. The summed E-state index contributed by atoms with van der Waals surface area (Å²) in [7, 11) is 0. The van der Waals surface area contributed by atoms with E-state index in [1.165, 1.54) is 0 Å². The largest absolute Gasteiger partial charge is 0.316 e. The van der Waals surface area contributed by atoms with Gasteiger partial charge in [0.1, 0.15) is 0 Å². The highest BCUT2D eigenvalue weighted by Gasteiger charge is 2.03. The van der Waals surface area contributed by atoms with Gasteiger partial charge in [0.15, 0.2) is 5.78 Å². The number of carbonyl (C=O) groups excluding carboxylic acids is 1. The SMILES string of the molecule is C=CCCNCCC(=O)c1ccccc1. The maximum absolute atomic E-state index is 11.6. The molecule has 0 aliphatic heterocycles. The summed E-state index contributed by atoms with van der Waals surface area (Å²) in [5, 5.41) is 3.19. The lowest BCUT2D eigenvalue weighted by Gasteiger charge is -2.02. The molecule has 80 valence electrons. The molecule has 0 saturated carbocycles. The Morgan fingerprint density at radius 1 is 1.27 bits per heavy atom. The summed E-state index contributed by atoms with van der Waals surface area (Å²) < 4.78 is 0. The van der Waals surface area contributed by atoms with E-state index in [1.54, 1.807) is 0 Å². The minimum atomic E-state index is 0.196. The first-order valence-corrected chi connectivity index (χ1v) is 5.24. The fraction of sp³-hybridized carbons (Fsp3) is 0.308. The van der Waals surface area contributed by atoms with Crippen LogP contribution in [0.25, 0.3) is 0 Å². The van der Waals surface area contributed by atoms with Crippen molar-refractivity contribution in [2.75, 3.05) is 13.1 Å². The maximum atomic E-state index is 11.6. The first-order chi connectivity index (χ1) is 7.34. The Morgan fingerprint density at radius 3 is 2.67 bits per heavy atom. The molecule has 0 atom stereocenters. The molecule has 0 amide bonds. The lowest BCUT2D eigenvalue weighted by atomic mass is 10.1. The van der Waals surface area contributed by atoms with Crippen LogP contribution in [-0.4, -0.2) is 18.9 Å². The van der Waals surface area contributed by atoms with Crippen LogP contribution in [0.15, 0.2) is 43.0 Å². The molecule has 0 aromatic heterocycles. The summed E-state index contributed by atoms with van der Waals surface area (Å²) in [4.78, 5) is 11.6. The van der Waals surface area contributed by atoms with E-state index < -0.39 is 0 Å². The highest BCUT2D eigenvalue weighted by atomic mass is 16.1. The van der Waals surface area contributed by atoms with E-state index in [1.807, 2.05) is 36.4 Å². The summed E-state index contributed by atoms with van der Waals surface area (Å²) >= 11 is 0. The first kappa shape index (κ1) is 11.7. The summed E-state index contributed by atoms with van der Waals surface area (Å²) in [6.45, 7) is 5.27. The van der Waals surface area contributed by atoms with Gasteiger partial charge in [0.2, 0.25) is 0 Å². The molecule has 0 spiro atoms. The third-order valence-corrected chi connectivity index (χ3v) is 2.15. The van der Waals surface area contributed by atoms with Crippen molar-refractivity contribution in [3.8, 4) is 0 Å². The van der Waals surface area contributed by atoms with Crippen LogP contribution in [-0.2, 0) is 0 Å². The fourth-order valence-electron chi connectivity index (χ4n) is 1.30. The molecule has 1 aromatic carbocycles. The molecule has 0 radical (unpaired) electrons. The number of hydrogen-bond acceptors (Lipinski definition) is 2. The summed E-state index contributed by atoms with van der Waals surface area (Å²) in [5.41, 5.74) is 0.794. The van der Waals surface area contributed by atoms with Crippen molar-refractivity contribution in [1.82, 2.24) is 5.32 Å². The highest BCUT2D eigenvalue weighted by molar-refractivity contribution is 5.96. The number of rotatable bonds is 7. The smallest absolute Gasteiger partial charge is 0.164 e. The zero-order valence-corrected chi connectivity index (χ0v) is 8.91. The van der Waals surface area contributed by atoms with E-state index >= 15 is 0 Å². The van der Waals surface area contributed by atoms with Crippen LogP contribution in [0.1, 0.15) is 23.2 Å². The van der Waals surface area contributed by atoms with Gasteiger partial charge in [0, 0.05) is 18.5 Å². The summed E-state index contributed by atoms with van der Waals surface area (Å²) in [5.74, 6) is 0.196. The summed E-state index contributed by atoms with van der Waals surface area (Å²) in [6.07, 6.45) is 3.37. The van der Waals surface area contributed by atoms with Crippen molar-refractivity contribution in [3.05, 3.63) is 48.6 Å². The molecule has 2 nitrogen and oxygen atoms in total. The van der Waals surface area contributed by atoms with E-state index in [0.29, 0.717) is 6.42 Å². The van der Waals surface area contributed by atoms with Crippen LogP contribution >= 0.6 is 0 Å². The number of nitrogens with one attached hydrogen (secondary N) is 1. The van der Waals surface area contributed by atoms with E-state index in [-0.39, 0.29) is 5.78 Å². The van der Waals surface area contributed by atoms with E-state index in [2.05, 4.69) is 11.9 Å². The summed E-state index contributed by atoms with van der Waals surface area (Å²) in [6, 6.07) is 9.40. The number of ketones is 1. The van der Waals surface area contributed by atoms with Crippen LogP contribution in [0.4, 0.5) is 0 Å². The molecule has 0 saturated heterocycles. The van der Waals surface area contributed by atoms with Gasteiger partial charge in [0.05, 0.1) is 0 Å². The molecule has 1 rings (SSSR count). The van der Waals surface area contributed by atoms with Gasteiger partial charge < -0.3 is 5.32 Å². The number of Topliss-reactive ketones (excluding diaryl/α,β-unsaturated/α-hetero) is 1. The van der Waals surface area contributed by atoms with Crippen LogP contribution in [0.2, 0.25) is 0 Å². The molecule has 1 N–H and O–H groups in total. The van der Waals surface area contributed by atoms with Gasteiger partial charge in [-0.05, 0) is 13.0 Å². The van der Waals surface area contributed by atoms with Gasteiger partial charge in [-0.15, -0.1) is 6.58 Å². The van der Waals surface area contributed by atoms with Gasteiger partial charge in [-0.3, -0.25) is 4.79 Å². The highest BCUT2D eigenvalue weighted by Crippen LogP contribution is 2.01. The molecular weight excluding hydrogens is 186 g/mol. The average Bonchev–Trinajstić information content (AvgIpc) is 2.30. The minimum Gasteiger partial charge on any atom is -0.316 e. The van der Waals surface area contributed by atoms with Crippen molar-refractivity contribution in [2.24, 2.45) is 0 Å². The van der Waals surface area contributed by atoms with Gasteiger partial charge in [-0.2, -0.15) is 0 Å². The molecule has 0 fully saturated rings. The zero-order chi connectivity index (χ0) is 10.9. The van der Waals surface area contributed by atoms with Crippen molar-refractivity contribution in [2.45, 2.75) is 12.8 Å². The molecule has 0 aliphatic rings. The molecule has 0 heterocycles. The standard InChI is InChI=1S/C13H17NO/c1-2-3-10-14-11-9-13(15)12-7-5-4-6-8-12/h2,4-8,14H,1,3,9-11H2. The Balaban J connectivity index is 2.22. The van der Waals surface area contributed by atoms with E-state index in [9.17, 15) is 4.79 Å². The zero-order valence-electron chi connectivity index (χ0n) is 8.91. The Morgan fingerprint density at radius 2 is 2.00 bits per heavy atom. The number of hydrogen-bond donors (Lipinski definition) is 1. The fourth-order valence-corrected chi connectivity index (χ4v) is 1.30. The molecule has 2 heteroatoms. The predicted molar refractivity (Wildman–Crippen MR) is 63.1 cm³/mol. The van der Waals surface area contributed by atoms with Crippen LogP contribution in [0.3, 0.4) is 0 Å². The second-order valence-corrected chi connectivity index (χ2v) is 3.37. The van der Waals surface area contributed by atoms with Gasteiger partial charge >= 0.3 is 0 Å². The Labute approximate surface area is 91.0 Å². The lowest BCUT2D eigenvalue weighted by molar-refractivity contribution is 0.0982. The van der Waals surface area contributed by atoms with Gasteiger partial charge in [0.25, 0.3) is 0 Å². The normalized spacial score (nSPS) is 9.87. The third kappa shape index (κ3) is 4.56. The van der Waals surface area contributed by atoms with Crippen molar-refractivity contribution < 1.29 is 4.79 Å². The third-order valence-electron chi connectivity index (χ3n) is 2.15. The second kappa shape index (κ2) is 6.96. The molecule has 0 unspecified atom stereocenters.